The van der Waals surface area contributed by atoms with Crippen molar-refractivity contribution in [3.05, 3.63) is 35.9 Å². The highest BCUT2D eigenvalue weighted by Gasteiger charge is 2.03. The molecule has 0 fully saturated rings. The molecule has 0 atom stereocenters. The Balaban J connectivity index is 2.34. The van der Waals surface area contributed by atoms with Crippen molar-refractivity contribution in [2.45, 2.75) is 13.3 Å². The van der Waals surface area contributed by atoms with Gasteiger partial charge in [0.05, 0.1) is 4.20 Å². The quantitative estimate of drug-likeness (QED) is 0.459. The van der Waals surface area contributed by atoms with Crippen molar-refractivity contribution < 1.29 is 9.53 Å². The van der Waals surface area contributed by atoms with E-state index in [9.17, 15) is 4.79 Å². The lowest BCUT2D eigenvalue weighted by molar-refractivity contribution is -0.140. The average molecular weight is 240 g/mol. The molecule has 0 saturated carbocycles. The van der Waals surface area contributed by atoms with Crippen LogP contribution in [0.1, 0.15) is 18.9 Å². The second-order valence-corrected chi connectivity index (χ2v) is 4.38. The number of thioether (sulfide) groups is 1. The predicted molar refractivity (Wildman–Crippen MR) is 67.0 cm³/mol. The standard InChI is InChI=1S/C11H12O2S2/c1-2-10(12)13-8-15-11(14)9-6-4-3-5-7-9/h3-7H,2,8H2,1H3. The summed E-state index contributed by atoms with van der Waals surface area (Å²) in [7, 11) is 0. The van der Waals surface area contributed by atoms with Crippen LogP contribution >= 0.6 is 24.0 Å². The van der Waals surface area contributed by atoms with E-state index >= 15 is 0 Å². The van der Waals surface area contributed by atoms with Crippen LogP contribution in [0.3, 0.4) is 0 Å². The first-order valence-electron chi connectivity index (χ1n) is 4.62. The molecule has 0 bridgehead atoms. The van der Waals surface area contributed by atoms with E-state index in [0.717, 1.165) is 9.76 Å². The second kappa shape index (κ2) is 6.58. The van der Waals surface area contributed by atoms with Gasteiger partial charge in [-0.15, -0.1) is 0 Å². The van der Waals surface area contributed by atoms with E-state index in [2.05, 4.69) is 0 Å². The average Bonchev–Trinajstić information content (AvgIpc) is 2.29. The number of benzene rings is 1. The van der Waals surface area contributed by atoms with Gasteiger partial charge in [0.2, 0.25) is 0 Å². The third-order valence-electron chi connectivity index (χ3n) is 1.71. The molecule has 0 unspecified atom stereocenters. The molecule has 0 saturated heterocycles. The van der Waals surface area contributed by atoms with Gasteiger partial charge in [-0.3, -0.25) is 4.79 Å². The maximum atomic E-state index is 10.9. The lowest BCUT2D eigenvalue weighted by Gasteiger charge is -2.04. The maximum absolute atomic E-state index is 10.9. The summed E-state index contributed by atoms with van der Waals surface area (Å²) >= 11 is 6.54. The van der Waals surface area contributed by atoms with E-state index < -0.39 is 0 Å². The molecule has 1 aromatic carbocycles. The van der Waals surface area contributed by atoms with Crippen LogP contribution < -0.4 is 0 Å². The van der Waals surface area contributed by atoms with Crippen molar-refractivity contribution in [1.29, 1.82) is 0 Å². The summed E-state index contributed by atoms with van der Waals surface area (Å²) in [6, 6.07) is 9.68. The Bertz CT molecular complexity index is 336. The molecule has 1 rings (SSSR count). The van der Waals surface area contributed by atoms with Crippen molar-refractivity contribution in [2.24, 2.45) is 0 Å². The fourth-order valence-corrected chi connectivity index (χ4v) is 1.79. The topological polar surface area (TPSA) is 26.3 Å². The Kier molecular flexibility index (Phi) is 5.36. The lowest BCUT2D eigenvalue weighted by Crippen LogP contribution is -2.03. The molecule has 0 aliphatic rings. The summed E-state index contributed by atoms with van der Waals surface area (Å²) in [5.41, 5.74) is 0.991. The van der Waals surface area contributed by atoms with Crippen molar-refractivity contribution >= 4 is 34.1 Å². The zero-order valence-electron chi connectivity index (χ0n) is 8.43. The maximum Gasteiger partial charge on any atom is 0.306 e. The SMILES string of the molecule is CCC(=O)OCSC(=S)c1ccccc1. The number of rotatable bonds is 4. The largest absolute Gasteiger partial charge is 0.454 e. The normalized spacial score (nSPS) is 9.67. The molecule has 0 spiro atoms. The Morgan fingerprint density at radius 1 is 1.40 bits per heavy atom. The van der Waals surface area contributed by atoms with Gasteiger partial charge in [-0.05, 0) is 5.56 Å². The number of ether oxygens (including phenoxy) is 1. The second-order valence-electron chi connectivity index (χ2n) is 2.79. The number of esters is 1. The van der Waals surface area contributed by atoms with Crippen molar-refractivity contribution in [2.75, 3.05) is 5.94 Å². The van der Waals surface area contributed by atoms with Gasteiger partial charge in [-0.1, -0.05) is 61.2 Å². The molecule has 0 radical (unpaired) electrons. The molecule has 80 valence electrons. The minimum Gasteiger partial charge on any atom is -0.454 e. The van der Waals surface area contributed by atoms with E-state index in [1.807, 2.05) is 30.3 Å². The molecule has 0 N–H and O–H groups in total. The summed E-state index contributed by atoms with van der Waals surface area (Å²) in [6.45, 7) is 1.77. The fourth-order valence-electron chi connectivity index (χ4n) is 0.908. The van der Waals surface area contributed by atoms with E-state index in [4.69, 9.17) is 17.0 Å². The van der Waals surface area contributed by atoms with Crippen LogP contribution in [0.4, 0.5) is 0 Å². The van der Waals surface area contributed by atoms with Gasteiger partial charge in [0.25, 0.3) is 0 Å². The Hall–Kier alpha value is -0.870. The third kappa shape index (κ3) is 4.44. The number of carbonyl (C=O) groups excluding carboxylic acids is 1. The highest BCUT2D eigenvalue weighted by Crippen LogP contribution is 2.13. The van der Waals surface area contributed by atoms with Gasteiger partial charge in [-0.2, -0.15) is 0 Å². The third-order valence-corrected chi connectivity index (χ3v) is 3.03. The van der Waals surface area contributed by atoms with Crippen LogP contribution in [0.25, 0.3) is 0 Å². The minimum absolute atomic E-state index is 0.196. The monoisotopic (exact) mass is 240 g/mol. The van der Waals surface area contributed by atoms with Gasteiger partial charge in [0, 0.05) is 6.42 Å². The Labute approximate surface area is 99.0 Å². The van der Waals surface area contributed by atoms with Crippen LogP contribution in [0.5, 0.6) is 0 Å². The number of hydrogen-bond donors (Lipinski definition) is 0. The molecule has 2 nitrogen and oxygen atoms in total. The summed E-state index contributed by atoms with van der Waals surface area (Å²) < 4.78 is 5.67. The molecule has 0 heterocycles. The predicted octanol–water partition coefficient (Wildman–Crippen LogP) is 3.01. The van der Waals surface area contributed by atoms with Crippen molar-refractivity contribution in [1.82, 2.24) is 0 Å². The van der Waals surface area contributed by atoms with Gasteiger partial charge in [-0.25, -0.2) is 0 Å². The first-order valence-corrected chi connectivity index (χ1v) is 6.01. The van der Waals surface area contributed by atoms with Gasteiger partial charge < -0.3 is 4.74 Å². The van der Waals surface area contributed by atoms with Crippen LogP contribution in [-0.4, -0.2) is 16.1 Å². The van der Waals surface area contributed by atoms with E-state index in [0.29, 0.717) is 12.4 Å². The highest BCUT2D eigenvalue weighted by molar-refractivity contribution is 8.23. The van der Waals surface area contributed by atoms with E-state index in [1.165, 1.54) is 11.8 Å². The molecular weight excluding hydrogens is 228 g/mol. The highest BCUT2D eigenvalue weighted by atomic mass is 32.2. The fraction of sp³-hybridized carbons (Fsp3) is 0.273. The summed E-state index contributed by atoms with van der Waals surface area (Å²) in [5, 5.41) is 0. The molecule has 0 aromatic heterocycles. The van der Waals surface area contributed by atoms with Gasteiger partial charge >= 0.3 is 5.97 Å². The number of thiocarbonyl (C=S) groups is 1. The molecule has 0 aliphatic heterocycles. The minimum atomic E-state index is -0.196. The van der Waals surface area contributed by atoms with Crippen LogP contribution in [-0.2, 0) is 9.53 Å². The zero-order chi connectivity index (χ0) is 11.1. The van der Waals surface area contributed by atoms with Crippen molar-refractivity contribution in [3.8, 4) is 0 Å². The van der Waals surface area contributed by atoms with Crippen LogP contribution in [0.2, 0.25) is 0 Å². The molecule has 0 aliphatic carbocycles. The van der Waals surface area contributed by atoms with Gasteiger partial charge in [0.15, 0.2) is 0 Å². The summed E-state index contributed by atoms with van der Waals surface area (Å²) in [5.74, 6) is 0.0961. The number of carbonyl (C=O) groups is 1. The smallest absolute Gasteiger partial charge is 0.306 e. The van der Waals surface area contributed by atoms with Crippen LogP contribution in [0, 0.1) is 0 Å². The van der Waals surface area contributed by atoms with Gasteiger partial charge in [0.1, 0.15) is 5.94 Å². The summed E-state index contributed by atoms with van der Waals surface area (Å²) in [4.78, 5) is 10.9. The molecular formula is C11H12O2S2. The molecule has 4 heteroatoms. The molecule has 1 aromatic rings. The molecule has 0 amide bonds. The van der Waals surface area contributed by atoms with E-state index in [1.54, 1.807) is 6.92 Å². The van der Waals surface area contributed by atoms with Crippen LogP contribution in [0.15, 0.2) is 30.3 Å². The number of hydrogen-bond acceptors (Lipinski definition) is 4. The zero-order valence-corrected chi connectivity index (χ0v) is 10.1. The first-order chi connectivity index (χ1) is 7.24. The Morgan fingerprint density at radius 2 is 2.07 bits per heavy atom. The Morgan fingerprint density at radius 3 is 2.67 bits per heavy atom. The lowest BCUT2D eigenvalue weighted by atomic mass is 10.2. The molecule has 15 heavy (non-hydrogen) atoms. The van der Waals surface area contributed by atoms with Crippen molar-refractivity contribution in [3.63, 3.8) is 0 Å². The first kappa shape index (κ1) is 12.2. The summed E-state index contributed by atoms with van der Waals surface area (Å²) in [6.07, 6.45) is 0.401. The van der Waals surface area contributed by atoms with E-state index in [-0.39, 0.29) is 5.97 Å².